The van der Waals surface area contributed by atoms with Crippen LogP contribution in [0.1, 0.15) is 33.6 Å². The van der Waals surface area contributed by atoms with Crippen LogP contribution >= 0.6 is 15.9 Å². The minimum atomic E-state index is -0.663. The molecule has 3 atom stereocenters. The number of hydrogen-bond donors (Lipinski definition) is 0. The van der Waals surface area contributed by atoms with Gasteiger partial charge >= 0.3 is 0 Å². The predicted molar refractivity (Wildman–Crippen MR) is 91.1 cm³/mol. The summed E-state index contributed by atoms with van der Waals surface area (Å²) >= 11 is 3.57. The van der Waals surface area contributed by atoms with Gasteiger partial charge in [-0.25, -0.2) is 0 Å². The first-order chi connectivity index (χ1) is 10.2. The molecule has 0 aliphatic heterocycles. The first-order valence-electron chi connectivity index (χ1n) is 7.72. The maximum Gasteiger partial charge on any atom is 0.235 e. The highest BCUT2D eigenvalue weighted by Gasteiger charge is 2.77. The summed E-state index contributed by atoms with van der Waals surface area (Å²) in [5.41, 5.74) is -0.575. The van der Waals surface area contributed by atoms with Crippen LogP contribution in [-0.2, 0) is 9.59 Å². The number of rotatable bonds is 2. The molecule has 1 amide bonds. The van der Waals surface area contributed by atoms with Crippen LogP contribution in [-0.4, -0.2) is 23.6 Å². The summed E-state index contributed by atoms with van der Waals surface area (Å²) in [6.45, 7) is 6.18. The van der Waals surface area contributed by atoms with Gasteiger partial charge in [-0.15, -0.1) is 0 Å². The summed E-state index contributed by atoms with van der Waals surface area (Å²) in [6, 6.07) is 9.63. The number of carbonyl (C=O) groups is 2. The van der Waals surface area contributed by atoms with Gasteiger partial charge in [0.1, 0.15) is 0 Å². The number of nitrogens with zero attached hydrogens (tertiary/aromatic N) is 1. The Labute approximate surface area is 140 Å². The lowest BCUT2D eigenvalue weighted by atomic mass is 9.64. The summed E-state index contributed by atoms with van der Waals surface area (Å²) in [4.78, 5) is 27.5. The molecule has 3 rings (SSSR count). The molecule has 2 bridgehead atoms. The van der Waals surface area contributed by atoms with Crippen molar-refractivity contribution >= 4 is 33.3 Å². The Morgan fingerprint density at radius 2 is 1.77 bits per heavy atom. The maximum atomic E-state index is 13.4. The van der Waals surface area contributed by atoms with Crippen molar-refractivity contribution in [3.8, 4) is 0 Å². The smallest absolute Gasteiger partial charge is 0.235 e. The van der Waals surface area contributed by atoms with Crippen molar-refractivity contribution in [2.45, 2.75) is 38.4 Å². The third-order valence-electron chi connectivity index (χ3n) is 6.55. The zero-order valence-corrected chi connectivity index (χ0v) is 15.1. The third kappa shape index (κ3) is 1.57. The number of alkyl halides is 1. The molecule has 4 heteroatoms. The number of para-hydroxylation sites is 1. The molecule has 2 fully saturated rings. The van der Waals surface area contributed by atoms with E-state index in [0.29, 0.717) is 0 Å². The van der Waals surface area contributed by atoms with Crippen LogP contribution in [0.2, 0.25) is 0 Å². The molecule has 118 valence electrons. The van der Waals surface area contributed by atoms with Crippen LogP contribution < -0.4 is 4.90 Å². The van der Waals surface area contributed by atoms with Gasteiger partial charge in [-0.3, -0.25) is 9.59 Å². The molecule has 2 aliphatic rings. The molecule has 0 N–H and O–H groups in total. The van der Waals surface area contributed by atoms with E-state index in [1.165, 1.54) is 0 Å². The van der Waals surface area contributed by atoms with Gasteiger partial charge in [0.25, 0.3) is 0 Å². The molecule has 2 saturated carbocycles. The van der Waals surface area contributed by atoms with Gasteiger partial charge in [0.05, 0.1) is 10.2 Å². The van der Waals surface area contributed by atoms with Crippen LogP contribution in [0.4, 0.5) is 5.69 Å². The van der Waals surface area contributed by atoms with E-state index in [9.17, 15) is 9.59 Å². The first-order valence-corrected chi connectivity index (χ1v) is 8.63. The fourth-order valence-electron chi connectivity index (χ4n) is 4.49. The Kier molecular flexibility index (Phi) is 3.34. The Balaban J connectivity index is 2.07. The molecule has 0 aromatic heterocycles. The summed E-state index contributed by atoms with van der Waals surface area (Å²) in [6.07, 6.45) is 1.55. The first kappa shape index (κ1) is 15.7. The van der Waals surface area contributed by atoms with Crippen molar-refractivity contribution < 1.29 is 9.59 Å². The Bertz CT molecular complexity index is 642. The number of fused-ring (bicyclic) bond motifs is 2. The SMILES string of the molecule is CN(C(=O)[C@]12CC[C@@](C)(C(=O)[C@H]1Br)C2(C)C)c1ccccc1. The number of carbonyl (C=O) groups excluding carboxylic acids is 2. The summed E-state index contributed by atoms with van der Waals surface area (Å²) < 4.78 is 0. The standard InChI is InChI=1S/C18H22BrNO2/c1-16(2)17(3)10-11-18(16,13(19)14(17)21)15(22)20(4)12-8-6-5-7-9-12/h5-9,13H,10-11H2,1-4H3/t13-,17+,18+/m1/s1. The van der Waals surface area contributed by atoms with Gasteiger partial charge in [0.15, 0.2) is 5.78 Å². The number of halogens is 1. The van der Waals surface area contributed by atoms with Gasteiger partial charge in [0.2, 0.25) is 5.91 Å². The van der Waals surface area contributed by atoms with Crippen molar-refractivity contribution in [1.82, 2.24) is 0 Å². The van der Waals surface area contributed by atoms with Crippen molar-refractivity contribution in [3.63, 3.8) is 0 Å². The Morgan fingerprint density at radius 3 is 2.27 bits per heavy atom. The number of amides is 1. The fourth-order valence-corrected chi connectivity index (χ4v) is 6.00. The molecule has 0 spiro atoms. The lowest BCUT2D eigenvalue weighted by molar-refractivity contribution is -0.132. The number of anilines is 1. The maximum absolute atomic E-state index is 13.4. The minimum Gasteiger partial charge on any atom is -0.315 e. The van der Waals surface area contributed by atoms with E-state index in [1.54, 1.807) is 11.9 Å². The van der Waals surface area contributed by atoms with E-state index < -0.39 is 15.7 Å². The fraction of sp³-hybridized carbons (Fsp3) is 0.556. The molecule has 0 unspecified atom stereocenters. The van der Waals surface area contributed by atoms with Crippen LogP contribution in [0.5, 0.6) is 0 Å². The average molecular weight is 364 g/mol. The summed E-state index contributed by atoms with van der Waals surface area (Å²) in [5.74, 6) is 0.221. The second-order valence-corrected chi connectivity index (χ2v) is 8.27. The lowest BCUT2D eigenvalue weighted by Gasteiger charge is -2.41. The highest BCUT2D eigenvalue weighted by Crippen LogP contribution is 2.72. The largest absolute Gasteiger partial charge is 0.315 e. The topological polar surface area (TPSA) is 37.4 Å². The number of ketones is 1. The van der Waals surface area contributed by atoms with Crippen LogP contribution in [0, 0.1) is 16.2 Å². The van der Waals surface area contributed by atoms with E-state index in [2.05, 4.69) is 29.8 Å². The molecule has 0 heterocycles. The second-order valence-electron chi connectivity index (χ2n) is 7.35. The molecule has 2 aliphatic carbocycles. The van der Waals surface area contributed by atoms with E-state index in [-0.39, 0.29) is 17.1 Å². The molecule has 3 nitrogen and oxygen atoms in total. The zero-order valence-electron chi connectivity index (χ0n) is 13.5. The number of benzene rings is 1. The predicted octanol–water partition coefficient (Wildman–Crippen LogP) is 3.81. The normalized spacial score (nSPS) is 35.7. The van der Waals surface area contributed by atoms with E-state index >= 15 is 0 Å². The van der Waals surface area contributed by atoms with E-state index in [4.69, 9.17) is 0 Å². The molecule has 22 heavy (non-hydrogen) atoms. The Hall–Kier alpha value is -1.16. The van der Waals surface area contributed by atoms with Crippen molar-refractivity contribution in [1.29, 1.82) is 0 Å². The summed E-state index contributed by atoms with van der Waals surface area (Å²) in [7, 11) is 1.81. The molecule has 1 aromatic rings. The third-order valence-corrected chi connectivity index (χ3v) is 7.75. The minimum absolute atomic E-state index is 0.0418. The van der Waals surface area contributed by atoms with E-state index in [0.717, 1.165) is 18.5 Å². The van der Waals surface area contributed by atoms with E-state index in [1.807, 2.05) is 37.3 Å². The van der Waals surface area contributed by atoms with Crippen LogP contribution in [0.15, 0.2) is 30.3 Å². The molecule has 0 saturated heterocycles. The van der Waals surface area contributed by atoms with Gasteiger partial charge in [-0.2, -0.15) is 0 Å². The van der Waals surface area contributed by atoms with Gasteiger partial charge in [0, 0.05) is 18.2 Å². The van der Waals surface area contributed by atoms with Gasteiger partial charge < -0.3 is 4.90 Å². The molecular weight excluding hydrogens is 342 g/mol. The quantitative estimate of drug-likeness (QED) is 0.749. The molecular formula is C18H22BrNO2. The zero-order chi connectivity index (χ0) is 16.3. The van der Waals surface area contributed by atoms with Gasteiger partial charge in [-0.1, -0.05) is 54.9 Å². The van der Waals surface area contributed by atoms with Crippen molar-refractivity contribution in [2.75, 3.05) is 11.9 Å². The molecule has 1 aromatic carbocycles. The Morgan fingerprint density at radius 1 is 1.18 bits per heavy atom. The highest BCUT2D eigenvalue weighted by atomic mass is 79.9. The molecule has 0 radical (unpaired) electrons. The highest BCUT2D eigenvalue weighted by molar-refractivity contribution is 9.10. The monoisotopic (exact) mass is 363 g/mol. The van der Waals surface area contributed by atoms with Crippen LogP contribution in [0.25, 0.3) is 0 Å². The van der Waals surface area contributed by atoms with Gasteiger partial charge in [-0.05, 0) is 30.4 Å². The van der Waals surface area contributed by atoms with Crippen molar-refractivity contribution in [3.05, 3.63) is 30.3 Å². The van der Waals surface area contributed by atoms with Crippen LogP contribution in [0.3, 0.4) is 0 Å². The van der Waals surface area contributed by atoms with Crippen molar-refractivity contribution in [2.24, 2.45) is 16.2 Å². The number of Topliss-reactive ketones (excluding diaryl/α,β-unsaturated/α-hetero) is 1. The average Bonchev–Trinajstić information content (AvgIpc) is 2.79. The lowest BCUT2D eigenvalue weighted by Crippen LogP contribution is -2.51. The number of hydrogen-bond acceptors (Lipinski definition) is 2. The second kappa shape index (κ2) is 4.67. The summed E-state index contributed by atoms with van der Waals surface area (Å²) in [5, 5.41) is 0.